The van der Waals surface area contributed by atoms with Gasteiger partial charge >= 0.3 is 0 Å². The molecule has 0 bridgehead atoms. The van der Waals surface area contributed by atoms with Crippen molar-refractivity contribution in [2.24, 2.45) is 0 Å². The standard InChI is InChI=1S/C10H16N4O2/c1-13(2)9(15)4-3-5-14-10(16)6-8(11)7-12-14/h6-7H,3-5,11H2,1-2H3. The van der Waals surface area contributed by atoms with E-state index in [-0.39, 0.29) is 11.5 Å². The molecule has 0 aromatic carbocycles. The predicted molar refractivity (Wildman–Crippen MR) is 60.8 cm³/mol. The molecule has 16 heavy (non-hydrogen) atoms. The van der Waals surface area contributed by atoms with Crippen LogP contribution >= 0.6 is 0 Å². The molecule has 1 aromatic rings. The highest BCUT2D eigenvalue weighted by Crippen LogP contribution is 1.96. The average Bonchev–Trinajstić information content (AvgIpc) is 2.20. The van der Waals surface area contributed by atoms with Gasteiger partial charge in [0.15, 0.2) is 0 Å². The lowest BCUT2D eigenvalue weighted by Crippen LogP contribution is -2.25. The molecule has 0 unspecified atom stereocenters. The fourth-order valence-corrected chi connectivity index (χ4v) is 1.22. The molecular weight excluding hydrogens is 208 g/mol. The summed E-state index contributed by atoms with van der Waals surface area (Å²) in [5.41, 5.74) is 5.52. The number of nitrogens with zero attached hydrogens (tertiary/aromatic N) is 3. The summed E-state index contributed by atoms with van der Waals surface area (Å²) in [5, 5.41) is 3.87. The highest BCUT2D eigenvalue weighted by Gasteiger charge is 2.04. The van der Waals surface area contributed by atoms with E-state index < -0.39 is 0 Å². The van der Waals surface area contributed by atoms with Crippen molar-refractivity contribution in [1.82, 2.24) is 14.7 Å². The number of rotatable bonds is 4. The molecule has 0 radical (unpaired) electrons. The van der Waals surface area contributed by atoms with E-state index in [2.05, 4.69) is 5.10 Å². The summed E-state index contributed by atoms with van der Waals surface area (Å²) in [5.74, 6) is 0.0449. The predicted octanol–water partition coefficient (Wildman–Crippen LogP) is -0.306. The summed E-state index contributed by atoms with van der Waals surface area (Å²) in [4.78, 5) is 24.2. The van der Waals surface area contributed by atoms with Crippen molar-refractivity contribution in [3.8, 4) is 0 Å². The average molecular weight is 224 g/mol. The summed E-state index contributed by atoms with van der Waals surface area (Å²) in [6.07, 6.45) is 2.43. The van der Waals surface area contributed by atoms with Crippen molar-refractivity contribution in [1.29, 1.82) is 0 Å². The van der Waals surface area contributed by atoms with E-state index in [0.29, 0.717) is 25.1 Å². The molecule has 1 aromatic heterocycles. The van der Waals surface area contributed by atoms with Gasteiger partial charge in [0.2, 0.25) is 5.91 Å². The number of carbonyl (C=O) groups is 1. The van der Waals surface area contributed by atoms with Gasteiger partial charge in [-0.25, -0.2) is 4.68 Å². The fraction of sp³-hybridized carbons (Fsp3) is 0.500. The molecule has 0 saturated carbocycles. The molecule has 0 aliphatic carbocycles. The van der Waals surface area contributed by atoms with E-state index >= 15 is 0 Å². The molecule has 0 atom stereocenters. The first-order chi connectivity index (χ1) is 7.50. The second kappa shape index (κ2) is 5.29. The number of nitrogen functional groups attached to an aromatic ring is 1. The van der Waals surface area contributed by atoms with Crippen molar-refractivity contribution < 1.29 is 4.79 Å². The first-order valence-electron chi connectivity index (χ1n) is 5.03. The Hall–Kier alpha value is -1.85. The lowest BCUT2D eigenvalue weighted by Gasteiger charge is -2.09. The highest BCUT2D eigenvalue weighted by atomic mass is 16.2. The SMILES string of the molecule is CN(C)C(=O)CCCn1ncc(N)cc1=O. The first-order valence-corrected chi connectivity index (χ1v) is 5.03. The van der Waals surface area contributed by atoms with Gasteiger partial charge in [-0.3, -0.25) is 9.59 Å². The monoisotopic (exact) mass is 224 g/mol. The number of aryl methyl sites for hydroxylation is 1. The molecule has 0 fully saturated rings. The van der Waals surface area contributed by atoms with Gasteiger partial charge in [-0.2, -0.15) is 5.10 Å². The van der Waals surface area contributed by atoms with Crippen LogP contribution in [0.25, 0.3) is 0 Å². The molecular formula is C10H16N4O2. The minimum absolute atomic E-state index is 0.0449. The van der Waals surface area contributed by atoms with Crippen LogP contribution in [0.5, 0.6) is 0 Å². The van der Waals surface area contributed by atoms with Gasteiger partial charge in [0.05, 0.1) is 11.9 Å². The number of aromatic nitrogens is 2. The van der Waals surface area contributed by atoms with E-state index in [9.17, 15) is 9.59 Å². The van der Waals surface area contributed by atoms with Gasteiger partial charge in [0, 0.05) is 33.1 Å². The van der Waals surface area contributed by atoms with Gasteiger partial charge in [-0.1, -0.05) is 0 Å². The fourth-order valence-electron chi connectivity index (χ4n) is 1.22. The van der Waals surface area contributed by atoms with E-state index in [1.54, 1.807) is 14.1 Å². The van der Waals surface area contributed by atoms with Crippen LogP contribution in [0.4, 0.5) is 5.69 Å². The molecule has 1 rings (SSSR count). The molecule has 2 N–H and O–H groups in total. The smallest absolute Gasteiger partial charge is 0.268 e. The van der Waals surface area contributed by atoms with Gasteiger partial charge in [0.1, 0.15) is 0 Å². The Morgan fingerprint density at radius 3 is 2.81 bits per heavy atom. The number of carbonyl (C=O) groups excluding carboxylic acids is 1. The van der Waals surface area contributed by atoms with Crippen LogP contribution in [0.2, 0.25) is 0 Å². The highest BCUT2D eigenvalue weighted by molar-refractivity contribution is 5.75. The molecule has 0 saturated heterocycles. The Morgan fingerprint density at radius 1 is 1.56 bits per heavy atom. The van der Waals surface area contributed by atoms with E-state index in [4.69, 9.17) is 5.73 Å². The minimum Gasteiger partial charge on any atom is -0.397 e. The summed E-state index contributed by atoms with van der Waals surface area (Å²) in [6.45, 7) is 0.429. The van der Waals surface area contributed by atoms with Crippen molar-refractivity contribution in [3.05, 3.63) is 22.6 Å². The van der Waals surface area contributed by atoms with Gasteiger partial charge in [-0.15, -0.1) is 0 Å². The summed E-state index contributed by atoms with van der Waals surface area (Å²) in [6, 6.07) is 1.32. The second-order valence-electron chi connectivity index (χ2n) is 3.74. The lowest BCUT2D eigenvalue weighted by molar-refractivity contribution is -0.128. The van der Waals surface area contributed by atoms with Crippen LogP contribution in [0, 0.1) is 0 Å². The van der Waals surface area contributed by atoms with Gasteiger partial charge in [-0.05, 0) is 6.42 Å². The second-order valence-corrected chi connectivity index (χ2v) is 3.74. The van der Waals surface area contributed by atoms with Crippen LogP contribution in [0.15, 0.2) is 17.1 Å². The topological polar surface area (TPSA) is 81.2 Å². The maximum Gasteiger partial charge on any atom is 0.268 e. The molecule has 0 aliphatic rings. The minimum atomic E-state index is -0.239. The van der Waals surface area contributed by atoms with Crippen LogP contribution in [-0.4, -0.2) is 34.7 Å². The molecule has 6 heteroatoms. The zero-order valence-corrected chi connectivity index (χ0v) is 9.51. The maximum atomic E-state index is 11.4. The molecule has 88 valence electrons. The molecule has 1 amide bonds. The zero-order valence-electron chi connectivity index (χ0n) is 9.51. The normalized spacial score (nSPS) is 10.1. The van der Waals surface area contributed by atoms with E-state index in [1.165, 1.54) is 21.8 Å². The number of hydrogen-bond acceptors (Lipinski definition) is 4. The Bertz CT molecular complexity index is 425. The largest absolute Gasteiger partial charge is 0.397 e. The number of nitrogens with two attached hydrogens (primary N) is 1. The van der Waals surface area contributed by atoms with Crippen molar-refractivity contribution in [2.75, 3.05) is 19.8 Å². The van der Waals surface area contributed by atoms with E-state index in [1.807, 2.05) is 0 Å². The van der Waals surface area contributed by atoms with Gasteiger partial charge < -0.3 is 10.6 Å². The molecule has 6 nitrogen and oxygen atoms in total. The zero-order chi connectivity index (χ0) is 12.1. The number of hydrogen-bond donors (Lipinski definition) is 1. The van der Waals surface area contributed by atoms with Crippen LogP contribution in [-0.2, 0) is 11.3 Å². The number of amides is 1. The Morgan fingerprint density at radius 2 is 2.25 bits per heavy atom. The Labute approximate surface area is 93.7 Å². The van der Waals surface area contributed by atoms with Crippen molar-refractivity contribution in [3.63, 3.8) is 0 Å². The van der Waals surface area contributed by atoms with Crippen LogP contribution in [0.3, 0.4) is 0 Å². The van der Waals surface area contributed by atoms with Crippen molar-refractivity contribution >= 4 is 11.6 Å². The number of anilines is 1. The molecule has 0 spiro atoms. The summed E-state index contributed by atoms with van der Waals surface area (Å²) in [7, 11) is 3.41. The van der Waals surface area contributed by atoms with E-state index in [0.717, 1.165) is 0 Å². The van der Waals surface area contributed by atoms with Crippen LogP contribution < -0.4 is 11.3 Å². The quantitative estimate of drug-likeness (QED) is 0.761. The summed E-state index contributed by atoms with van der Waals surface area (Å²) >= 11 is 0. The third-order valence-electron chi connectivity index (χ3n) is 2.15. The molecule has 1 heterocycles. The molecule has 0 aliphatic heterocycles. The van der Waals surface area contributed by atoms with Gasteiger partial charge in [0.25, 0.3) is 5.56 Å². The Balaban J connectivity index is 2.50. The van der Waals surface area contributed by atoms with Crippen molar-refractivity contribution in [2.45, 2.75) is 19.4 Å². The first kappa shape index (κ1) is 12.2. The van der Waals surface area contributed by atoms with Crippen LogP contribution in [0.1, 0.15) is 12.8 Å². The maximum absolute atomic E-state index is 11.4. The summed E-state index contributed by atoms with van der Waals surface area (Å²) < 4.78 is 1.30. The third-order valence-corrected chi connectivity index (χ3v) is 2.15. The Kier molecular flexibility index (Phi) is 4.04. The lowest BCUT2D eigenvalue weighted by atomic mass is 10.3. The third kappa shape index (κ3) is 3.38.